The highest BCUT2D eigenvalue weighted by molar-refractivity contribution is 6.30. The van der Waals surface area contributed by atoms with E-state index in [1.54, 1.807) is 18.2 Å². The Morgan fingerprint density at radius 2 is 1.79 bits per heavy atom. The third-order valence-electron chi connectivity index (χ3n) is 2.98. The van der Waals surface area contributed by atoms with E-state index < -0.39 is 17.7 Å². The van der Waals surface area contributed by atoms with Gasteiger partial charge in [0.05, 0.1) is 6.04 Å². The minimum Gasteiger partial charge on any atom is -0.271 e. The van der Waals surface area contributed by atoms with Crippen LogP contribution in [0.3, 0.4) is 0 Å². The van der Waals surface area contributed by atoms with E-state index in [2.05, 4.69) is 5.43 Å². The van der Waals surface area contributed by atoms with Gasteiger partial charge in [-0.2, -0.15) is 0 Å². The Kier molecular flexibility index (Phi) is 4.14. The van der Waals surface area contributed by atoms with Gasteiger partial charge in [0, 0.05) is 16.7 Å². The van der Waals surface area contributed by atoms with Crippen molar-refractivity contribution in [3.05, 3.63) is 69.7 Å². The molecule has 5 heteroatoms. The number of hydrogen-bond acceptors (Lipinski definition) is 2. The van der Waals surface area contributed by atoms with E-state index in [-0.39, 0.29) is 5.56 Å². The topological polar surface area (TPSA) is 38.0 Å². The Hall–Kier alpha value is -1.49. The van der Waals surface area contributed by atoms with Crippen molar-refractivity contribution in [2.24, 2.45) is 5.84 Å². The van der Waals surface area contributed by atoms with Crippen LogP contribution < -0.4 is 11.3 Å². The van der Waals surface area contributed by atoms with Crippen LogP contribution in [0.4, 0.5) is 8.78 Å². The van der Waals surface area contributed by atoms with Crippen molar-refractivity contribution in [3.8, 4) is 0 Å². The summed E-state index contributed by atoms with van der Waals surface area (Å²) in [7, 11) is 0. The van der Waals surface area contributed by atoms with Crippen molar-refractivity contribution in [3.63, 3.8) is 0 Å². The Balaban J connectivity index is 2.50. The zero-order valence-corrected chi connectivity index (χ0v) is 11.0. The molecule has 3 N–H and O–H groups in total. The molecule has 2 rings (SSSR count). The Bertz CT molecular complexity index is 550. The van der Waals surface area contributed by atoms with Gasteiger partial charge in [0.1, 0.15) is 11.6 Å². The molecular weight excluding hydrogens is 270 g/mol. The summed E-state index contributed by atoms with van der Waals surface area (Å²) in [5.41, 5.74) is 4.50. The van der Waals surface area contributed by atoms with Crippen molar-refractivity contribution >= 4 is 11.6 Å². The average Bonchev–Trinajstić information content (AvgIpc) is 2.34. The maximum atomic E-state index is 13.8. The van der Waals surface area contributed by atoms with Crippen LogP contribution in [0.25, 0.3) is 0 Å². The van der Waals surface area contributed by atoms with Gasteiger partial charge in [0.25, 0.3) is 0 Å². The molecule has 0 aliphatic carbocycles. The first kappa shape index (κ1) is 13.9. The van der Waals surface area contributed by atoms with Crippen LogP contribution in [0, 0.1) is 18.6 Å². The molecule has 0 fully saturated rings. The van der Waals surface area contributed by atoms with E-state index >= 15 is 0 Å². The van der Waals surface area contributed by atoms with Crippen molar-refractivity contribution in [2.45, 2.75) is 13.0 Å². The minimum atomic E-state index is -0.641. The molecule has 0 heterocycles. The Morgan fingerprint density at radius 3 is 2.37 bits per heavy atom. The summed E-state index contributed by atoms with van der Waals surface area (Å²) in [6, 6.07) is 8.10. The number of nitrogens with two attached hydrogens (primary N) is 1. The van der Waals surface area contributed by atoms with E-state index in [1.165, 1.54) is 12.1 Å². The fourth-order valence-electron chi connectivity index (χ4n) is 2.05. The molecule has 2 nitrogen and oxygen atoms in total. The highest BCUT2D eigenvalue weighted by atomic mass is 35.5. The lowest BCUT2D eigenvalue weighted by Gasteiger charge is -2.19. The highest BCUT2D eigenvalue weighted by Gasteiger charge is 2.18. The molecule has 0 saturated carbocycles. The van der Waals surface area contributed by atoms with Crippen LogP contribution in [0.5, 0.6) is 0 Å². The zero-order chi connectivity index (χ0) is 14.0. The first-order valence-electron chi connectivity index (χ1n) is 5.70. The highest BCUT2D eigenvalue weighted by Crippen LogP contribution is 2.28. The normalized spacial score (nSPS) is 12.5. The van der Waals surface area contributed by atoms with Crippen molar-refractivity contribution in [1.82, 2.24) is 5.43 Å². The van der Waals surface area contributed by atoms with Gasteiger partial charge in [-0.15, -0.1) is 0 Å². The molecule has 2 aromatic rings. The van der Waals surface area contributed by atoms with E-state index in [0.717, 1.165) is 17.2 Å². The molecule has 0 aliphatic rings. The molecule has 0 radical (unpaired) electrons. The summed E-state index contributed by atoms with van der Waals surface area (Å²) in [6.45, 7) is 1.85. The van der Waals surface area contributed by atoms with Gasteiger partial charge in [-0.1, -0.05) is 23.7 Å². The second-order valence-corrected chi connectivity index (χ2v) is 4.70. The lowest BCUT2D eigenvalue weighted by atomic mass is 9.95. The molecule has 1 atom stereocenters. The first-order valence-corrected chi connectivity index (χ1v) is 6.08. The minimum absolute atomic E-state index is 0.286. The number of nitrogens with one attached hydrogen (secondary N) is 1. The third-order valence-corrected chi connectivity index (χ3v) is 3.22. The summed E-state index contributed by atoms with van der Waals surface area (Å²) in [6.07, 6.45) is 0. The van der Waals surface area contributed by atoms with Gasteiger partial charge in [0.15, 0.2) is 0 Å². The Labute approximate surface area is 115 Å². The SMILES string of the molecule is Cc1cc(Cl)ccc1C(NN)c1ccc(F)cc1F. The molecule has 0 amide bonds. The molecule has 1 unspecified atom stereocenters. The fourth-order valence-corrected chi connectivity index (χ4v) is 2.27. The quantitative estimate of drug-likeness (QED) is 0.668. The molecule has 0 bridgehead atoms. The predicted octanol–water partition coefficient (Wildman–Crippen LogP) is 3.48. The molecular formula is C14H13ClF2N2. The van der Waals surface area contributed by atoms with Crippen LogP contribution in [0.2, 0.25) is 5.02 Å². The largest absolute Gasteiger partial charge is 0.271 e. The fraction of sp³-hybridized carbons (Fsp3) is 0.143. The van der Waals surface area contributed by atoms with Gasteiger partial charge in [0.2, 0.25) is 0 Å². The van der Waals surface area contributed by atoms with Gasteiger partial charge >= 0.3 is 0 Å². The lowest BCUT2D eigenvalue weighted by Crippen LogP contribution is -2.30. The molecule has 19 heavy (non-hydrogen) atoms. The number of halogens is 3. The van der Waals surface area contributed by atoms with Gasteiger partial charge < -0.3 is 0 Å². The van der Waals surface area contributed by atoms with Crippen LogP contribution in [-0.2, 0) is 0 Å². The van der Waals surface area contributed by atoms with Crippen molar-refractivity contribution in [2.75, 3.05) is 0 Å². The standard InChI is InChI=1S/C14H13ClF2N2/c1-8-6-9(15)2-4-11(8)14(19-18)12-5-3-10(16)7-13(12)17/h2-7,14,19H,18H2,1H3. The molecule has 0 spiro atoms. The van der Waals surface area contributed by atoms with E-state index in [0.29, 0.717) is 5.02 Å². The number of rotatable bonds is 3. The second-order valence-electron chi connectivity index (χ2n) is 4.27. The number of aryl methyl sites for hydroxylation is 1. The maximum Gasteiger partial charge on any atom is 0.131 e. The van der Waals surface area contributed by atoms with E-state index in [9.17, 15) is 8.78 Å². The average molecular weight is 283 g/mol. The maximum absolute atomic E-state index is 13.8. The summed E-state index contributed by atoms with van der Waals surface area (Å²) in [5.74, 6) is 4.25. The smallest absolute Gasteiger partial charge is 0.131 e. The van der Waals surface area contributed by atoms with Crippen molar-refractivity contribution < 1.29 is 8.78 Å². The lowest BCUT2D eigenvalue weighted by molar-refractivity contribution is 0.540. The predicted molar refractivity (Wildman–Crippen MR) is 71.7 cm³/mol. The monoisotopic (exact) mass is 282 g/mol. The number of hydrogen-bond donors (Lipinski definition) is 2. The molecule has 0 aliphatic heterocycles. The van der Waals surface area contributed by atoms with Crippen molar-refractivity contribution in [1.29, 1.82) is 0 Å². The summed E-state index contributed by atoms with van der Waals surface area (Å²) in [4.78, 5) is 0. The Morgan fingerprint density at radius 1 is 1.11 bits per heavy atom. The molecule has 0 aromatic heterocycles. The number of benzene rings is 2. The third kappa shape index (κ3) is 2.92. The summed E-state index contributed by atoms with van der Waals surface area (Å²) >= 11 is 5.89. The first-order chi connectivity index (χ1) is 9.02. The summed E-state index contributed by atoms with van der Waals surface area (Å²) in [5, 5.41) is 0.594. The molecule has 0 saturated heterocycles. The number of hydrazine groups is 1. The zero-order valence-electron chi connectivity index (χ0n) is 10.3. The van der Waals surface area contributed by atoms with Gasteiger partial charge in [-0.05, 0) is 36.2 Å². The van der Waals surface area contributed by atoms with E-state index in [4.69, 9.17) is 17.4 Å². The summed E-state index contributed by atoms with van der Waals surface area (Å²) < 4.78 is 26.8. The van der Waals surface area contributed by atoms with E-state index in [1.807, 2.05) is 6.92 Å². The van der Waals surface area contributed by atoms with Crippen LogP contribution in [0.15, 0.2) is 36.4 Å². The van der Waals surface area contributed by atoms with Crippen LogP contribution in [-0.4, -0.2) is 0 Å². The molecule has 2 aromatic carbocycles. The molecule has 100 valence electrons. The van der Waals surface area contributed by atoms with Crippen LogP contribution in [0.1, 0.15) is 22.7 Å². The second kappa shape index (κ2) is 5.65. The van der Waals surface area contributed by atoms with Crippen LogP contribution >= 0.6 is 11.6 Å². The van der Waals surface area contributed by atoms with Gasteiger partial charge in [-0.3, -0.25) is 5.84 Å². The van der Waals surface area contributed by atoms with Gasteiger partial charge in [-0.25, -0.2) is 14.2 Å².